The summed E-state index contributed by atoms with van der Waals surface area (Å²) in [4.78, 5) is 10.7. The molecule has 1 aromatic carbocycles. The Balaban J connectivity index is 2.79. The first-order chi connectivity index (χ1) is 6.13. The minimum atomic E-state index is -0.309. The Morgan fingerprint density at radius 2 is 1.92 bits per heavy atom. The van der Waals surface area contributed by atoms with Crippen LogP contribution in [0.5, 0.6) is 0 Å². The molecule has 0 aliphatic carbocycles. The van der Waals surface area contributed by atoms with Crippen molar-refractivity contribution in [3.05, 3.63) is 35.9 Å². The third kappa shape index (κ3) is 2.82. The molecule has 3 heteroatoms. The molecule has 0 radical (unpaired) electrons. The SMILES string of the molecule is CC(=O)C(Br)C(Cl)c1ccccc1. The zero-order valence-corrected chi connectivity index (χ0v) is 9.55. The molecule has 70 valence electrons. The molecular formula is C10H10BrClO. The van der Waals surface area contributed by atoms with E-state index in [9.17, 15) is 4.79 Å². The highest BCUT2D eigenvalue weighted by atomic mass is 79.9. The predicted octanol–water partition coefficient (Wildman–Crippen LogP) is 3.32. The monoisotopic (exact) mass is 260 g/mol. The van der Waals surface area contributed by atoms with Crippen molar-refractivity contribution >= 4 is 33.3 Å². The van der Waals surface area contributed by atoms with Crippen LogP contribution in [0.4, 0.5) is 0 Å². The number of carbonyl (C=O) groups excluding carboxylic acids is 1. The van der Waals surface area contributed by atoms with Crippen LogP contribution < -0.4 is 0 Å². The van der Waals surface area contributed by atoms with Gasteiger partial charge in [0.2, 0.25) is 0 Å². The summed E-state index contributed by atoms with van der Waals surface area (Å²) in [6, 6.07) is 9.56. The summed E-state index contributed by atoms with van der Waals surface area (Å²) in [5.41, 5.74) is 0.959. The van der Waals surface area contributed by atoms with Gasteiger partial charge in [0, 0.05) is 0 Å². The maximum absolute atomic E-state index is 11.0. The van der Waals surface area contributed by atoms with Crippen molar-refractivity contribution in [2.45, 2.75) is 17.1 Å². The van der Waals surface area contributed by atoms with Crippen LogP contribution in [0.15, 0.2) is 30.3 Å². The number of carbonyl (C=O) groups is 1. The molecule has 1 rings (SSSR count). The van der Waals surface area contributed by atoms with Gasteiger partial charge in [-0.15, -0.1) is 11.6 Å². The first kappa shape index (κ1) is 10.7. The summed E-state index contributed by atoms with van der Waals surface area (Å²) in [7, 11) is 0. The Hall–Kier alpha value is -0.340. The lowest BCUT2D eigenvalue weighted by Gasteiger charge is -2.13. The molecule has 0 aliphatic heterocycles. The lowest BCUT2D eigenvalue weighted by molar-refractivity contribution is -0.116. The highest BCUT2D eigenvalue weighted by molar-refractivity contribution is 9.10. The van der Waals surface area contributed by atoms with Gasteiger partial charge >= 0.3 is 0 Å². The van der Waals surface area contributed by atoms with Gasteiger partial charge in [0.15, 0.2) is 0 Å². The van der Waals surface area contributed by atoms with Crippen molar-refractivity contribution in [2.24, 2.45) is 0 Å². The molecule has 0 aliphatic rings. The smallest absolute Gasteiger partial charge is 0.145 e. The second-order valence-electron chi connectivity index (χ2n) is 2.82. The molecule has 0 N–H and O–H groups in total. The van der Waals surface area contributed by atoms with E-state index in [1.807, 2.05) is 30.3 Å². The first-order valence-corrected chi connectivity index (χ1v) is 5.31. The van der Waals surface area contributed by atoms with Gasteiger partial charge in [-0.05, 0) is 12.5 Å². The highest BCUT2D eigenvalue weighted by Crippen LogP contribution is 2.29. The Labute approximate surface area is 91.2 Å². The normalized spacial score (nSPS) is 15.0. The third-order valence-corrected chi connectivity index (χ3v) is 3.75. The first-order valence-electron chi connectivity index (χ1n) is 3.96. The third-order valence-electron chi connectivity index (χ3n) is 1.76. The van der Waals surface area contributed by atoms with Gasteiger partial charge in [0.05, 0.1) is 10.2 Å². The average molecular weight is 262 g/mol. The molecule has 0 amide bonds. The molecule has 2 atom stereocenters. The largest absolute Gasteiger partial charge is 0.299 e. The Kier molecular flexibility index (Phi) is 3.94. The molecule has 0 heterocycles. The van der Waals surface area contributed by atoms with Crippen molar-refractivity contribution in [3.63, 3.8) is 0 Å². The minimum Gasteiger partial charge on any atom is -0.299 e. The average Bonchev–Trinajstić information content (AvgIpc) is 2.17. The van der Waals surface area contributed by atoms with Crippen molar-refractivity contribution in [1.29, 1.82) is 0 Å². The zero-order valence-electron chi connectivity index (χ0n) is 7.21. The number of Topliss-reactive ketones (excluding diaryl/α,β-unsaturated/α-hetero) is 1. The minimum absolute atomic E-state index is 0.0452. The van der Waals surface area contributed by atoms with Crippen molar-refractivity contribution in [3.8, 4) is 0 Å². The maximum atomic E-state index is 11.0. The number of halogens is 2. The second kappa shape index (κ2) is 4.77. The second-order valence-corrected chi connectivity index (χ2v) is 4.28. The molecule has 1 aromatic rings. The fourth-order valence-electron chi connectivity index (χ4n) is 1.01. The highest BCUT2D eigenvalue weighted by Gasteiger charge is 2.21. The van der Waals surface area contributed by atoms with Crippen LogP contribution in [0.1, 0.15) is 17.9 Å². The lowest BCUT2D eigenvalue weighted by atomic mass is 10.1. The lowest BCUT2D eigenvalue weighted by Crippen LogP contribution is -2.15. The van der Waals surface area contributed by atoms with Gasteiger partial charge in [0.1, 0.15) is 5.78 Å². The van der Waals surface area contributed by atoms with Crippen LogP contribution in [0.3, 0.4) is 0 Å². The van der Waals surface area contributed by atoms with Crippen molar-refractivity contribution in [1.82, 2.24) is 0 Å². The number of hydrogen-bond acceptors (Lipinski definition) is 1. The molecular weight excluding hydrogens is 251 g/mol. The van der Waals surface area contributed by atoms with Gasteiger partial charge in [-0.1, -0.05) is 46.3 Å². The van der Waals surface area contributed by atoms with E-state index in [-0.39, 0.29) is 16.0 Å². The number of alkyl halides is 2. The molecule has 0 aromatic heterocycles. The van der Waals surface area contributed by atoms with E-state index >= 15 is 0 Å². The topological polar surface area (TPSA) is 17.1 Å². The summed E-state index contributed by atoms with van der Waals surface area (Å²) in [5.74, 6) is 0.0452. The number of rotatable bonds is 3. The van der Waals surface area contributed by atoms with E-state index in [2.05, 4.69) is 15.9 Å². The molecule has 0 saturated carbocycles. The maximum Gasteiger partial charge on any atom is 0.145 e. The Morgan fingerprint density at radius 1 is 1.38 bits per heavy atom. The molecule has 0 fully saturated rings. The van der Waals surface area contributed by atoms with E-state index in [1.165, 1.54) is 6.92 Å². The molecule has 2 unspecified atom stereocenters. The number of ketones is 1. The molecule has 13 heavy (non-hydrogen) atoms. The fraction of sp³-hybridized carbons (Fsp3) is 0.300. The van der Waals surface area contributed by atoms with E-state index in [4.69, 9.17) is 11.6 Å². The molecule has 1 nitrogen and oxygen atoms in total. The van der Waals surface area contributed by atoms with Crippen LogP contribution in [-0.4, -0.2) is 10.6 Å². The Morgan fingerprint density at radius 3 is 2.38 bits per heavy atom. The van der Waals surface area contributed by atoms with Gasteiger partial charge < -0.3 is 0 Å². The fourth-order valence-corrected chi connectivity index (χ4v) is 1.64. The van der Waals surface area contributed by atoms with Crippen LogP contribution in [0.2, 0.25) is 0 Å². The zero-order chi connectivity index (χ0) is 9.84. The van der Waals surface area contributed by atoms with Crippen LogP contribution in [-0.2, 0) is 4.79 Å². The standard InChI is InChI=1S/C10H10BrClO/c1-7(13)9(11)10(12)8-5-3-2-4-6-8/h2-6,9-10H,1H3. The van der Waals surface area contributed by atoms with Crippen LogP contribution in [0.25, 0.3) is 0 Å². The number of hydrogen-bond donors (Lipinski definition) is 0. The van der Waals surface area contributed by atoms with E-state index < -0.39 is 0 Å². The van der Waals surface area contributed by atoms with E-state index in [1.54, 1.807) is 0 Å². The van der Waals surface area contributed by atoms with Gasteiger partial charge in [-0.25, -0.2) is 0 Å². The summed E-state index contributed by atoms with van der Waals surface area (Å²) in [6.07, 6.45) is 0. The van der Waals surface area contributed by atoms with Crippen LogP contribution >= 0.6 is 27.5 Å². The Bertz CT molecular complexity index is 286. The van der Waals surface area contributed by atoms with Crippen molar-refractivity contribution in [2.75, 3.05) is 0 Å². The quantitative estimate of drug-likeness (QED) is 0.763. The summed E-state index contributed by atoms with van der Waals surface area (Å²) in [6.45, 7) is 1.53. The van der Waals surface area contributed by atoms with Gasteiger partial charge in [-0.3, -0.25) is 4.79 Å². The number of benzene rings is 1. The van der Waals surface area contributed by atoms with Crippen molar-refractivity contribution < 1.29 is 4.79 Å². The van der Waals surface area contributed by atoms with Gasteiger partial charge in [0.25, 0.3) is 0 Å². The van der Waals surface area contributed by atoms with E-state index in [0.29, 0.717) is 0 Å². The summed E-state index contributed by atoms with van der Waals surface area (Å²) >= 11 is 9.35. The molecule has 0 spiro atoms. The molecule has 0 bridgehead atoms. The summed E-state index contributed by atoms with van der Waals surface area (Å²) in [5, 5.41) is -0.293. The van der Waals surface area contributed by atoms with Gasteiger partial charge in [-0.2, -0.15) is 0 Å². The molecule has 0 saturated heterocycles. The summed E-state index contributed by atoms with van der Waals surface area (Å²) < 4.78 is 0. The van der Waals surface area contributed by atoms with E-state index in [0.717, 1.165) is 5.56 Å². The predicted molar refractivity (Wildman–Crippen MR) is 58.4 cm³/mol. The van der Waals surface area contributed by atoms with Crippen LogP contribution in [0, 0.1) is 0 Å².